The average molecular weight is 193 g/mol. The van der Waals surface area contributed by atoms with E-state index in [1.165, 1.54) is 16.1 Å². The summed E-state index contributed by atoms with van der Waals surface area (Å²) in [5, 5.41) is 2.11. The Morgan fingerprint density at radius 1 is 1.46 bits per heavy atom. The van der Waals surface area contributed by atoms with Crippen molar-refractivity contribution in [3.8, 4) is 0 Å². The largest absolute Gasteiger partial charge is 0.302 e. The molecule has 0 N–H and O–H groups in total. The van der Waals surface area contributed by atoms with Gasteiger partial charge in [0.1, 0.15) is 19.8 Å². The van der Waals surface area contributed by atoms with Crippen molar-refractivity contribution in [2.75, 3.05) is 14.1 Å². The summed E-state index contributed by atoms with van der Waals surface area (Å²) in [5.74, 6) is 0. The van der Waals surface area contributed by atoms with Crippen LogP contribution < -0.4 is 0 Å². The monoisotopic (exact) mass is 193 g/mol. The van der Waals surface area contributed by atoms with Crippen LogP contribution in [0.4, 0.5) is 0 Å². The van der Waals surface area contributed by atoms with Crippen LogP contribution in [0.3, 0.4) is 0 Å². The first-order chi connectivity index (χ1) is 6.18. The molecule has 2 rings (SSSR count). The van der Waals surface area contributed by atoms with Gasteiger partial charge in [-0.25, -0.2) is 4.58 Å². The quantitative estimate of drug-likeness (QED) is 0.483. The van der Waals surface area contributed by atoms with E-state index >= 15 is 0 Å². The SMILES string of the molecule is Cc1cc2sccn2c1C=[N+](C)C. The number of hydrogen-bond acceptors (Lipinski definition) is 1. The Balaban J connectivity index is 2.71. The summed E-state index contributed by atoms with van der Waals surface area (Å²) < 4.78 is 4.30. The Kier molecular flexibility index (Phi) is 1.96. The van der Waals surface area contributed by atoms with Crippen molar-refractivity contribution in [1.29, 1.82) is 0 Å². The van der Waals surface area contributed by atoms with Crippen LogP contribution in [0, 0.1) is 6.92 Å². The van der Waals surface area contributed by atoms with Crippen LogP contribution in [-0.4, -0.2) is 29.3 Å². The first-order valence-corrected chi connectivity index (χ1v) is 5.13. The summed E-state index contributed by atoms with van der Waals surface area (Å²) in [4.78, 5) is 1.31. The maximum Gasteiger partial charge on any atom is 0.187 e. The molecule has 2 aromatic rings. The average Bonchev–Trinajstić information content (AvgIpc) is 2.55. The number of aromatic nitrogens is 1. The highest BCUT2D eigenvalue weighted by Crippen LogP contribution is 2.18. The highest BCUT2D eigenvalue weighted by Gasteiger charge is 2.07. The van der Waals surface area contributed by atoms with Crippen molar-refractivity contribution in [2.45, 2.75) is 6.92 Å². The summed E-state index contributed by atoms with van der Waals surface area (Å²) in [7, 11) is 4.09. The molecule has 13 heavy (non-hydrogen) atoms. The summed E-state index contributed by atoms with van der Waals surface area (Å²) in [6.45, 7) is 2.15. The van der Waals surface area contributed by atoms with E-state index in [0.29, 0.717) is 0 Å². The first kappa shape index (κ1) is 8.51. The number of thiazole rings is 1. The molecule has 0 bridgehead atoms. The molecule has 0 spiro atoms. The molecule has 2 aromatic heterocycles. The minimum atomic E-state index is 1.28. The predicted molar refractivity (Wildman–Crippen MR) is 57.3 cm³/mol. The first-order valence-electron chi connectivity index (χ1n) is 4.25. The van der Waals surface area contributed by atoms with Gasteiger partial charge in [-0.15, -0.1) is 11.3 Å². The number of rotatable bonds is 1. The Bertz CT molecular complexity index is 458. The highest BCUT2D eigenvalue weighted by atomic mass is 32.1. The van der Waals surface area contributed by atoms with Crippen molar-refractivity contribution >= 4 is 22.4 Å². The topological polar surface area (TPSA) is 7.42 Å². The zero-order valence-corrected chi connectivity index (χ0v) is 8.93. The predicted octanol–water partition coefficient (Wildman–Crippen LogP) is 2.00. The van der Waals surface area contributed by atoms with Crippen LogP contribution in [0.5, 0.6) is 0 Å². The van der Waals surface area contributed by atoms with E-state index in [9.17, 15) is 0 Å². The van der Waals surface area contributed by atoms with E-state index in [2.05, 4.69) is 39.8 Å². The highest BCUT2D eigenvalue weighted by molar-refractivity contribution is 7.15. The fourth-order valence-electron chi connectivity index (χ4n) is 1.45. The van der Waals surface area contributed by atoms with E-state index < -0.39 is 0 Å². The molecule has 2 heterocycles. The van der Waals surface area contributed by atoms with Crippen LogP contribution in [0.15, 0.2) is 17.6 Å². The lowest BCUT2D eigenvalue weighted by molar-refractivity contribution is -0.459. The van der Waals surface area contributed by atoms with Gasteiger partial charge >= 0.3 is 0 Å². The molecule has 0 unspecified atom stereocenters. The molecule has 0 amide bonds. The molecular weight excluding hydrogens is 180 g/mol. The zero-order valence-electron chi connectivity index (χ0n) is 8.11. The van der Waals surface area contributed by atoms with Crippen LogP contribution in [0.2, 0.25) is 0 Å². The van der Waals surface area contributed by atoms with Crippen LogP contribution in [0.1, 0.15) is 11.3 Å². The van der Waals surface area contributed by atoms with Gasteiger partial charge in [0.05, 0.1) is 4.83 Å². The van der Waals surface area contributed by atoms with Gasteiger partial charge in [-0.05, 0) is 18.6 Å². The Hall–Kier alpha value is -1.09. The van der Waals surface area contributed by atoms with E-state index in [4.69, 9.17) is 0 Å². The van der Waals surface area contributed by atoms with Gasteiger partial charge in [0.15, 0.2) is 6.21 Å². The lowest BCUT2D eigenvalue weighted by Crippen LogP contribution is -2.02. The normalized spacial score (nSPS) is 10.7. The minimum absolute atomic E-state index is 1.28. The smallest absolute Gasteiger partial charge is 0.187 e. The second-order valence-corrected chi connectivity index (χ2v) is 4.34. The van der Waals surface area contributed by atoms with E-state index in [1.807, 2.05) is 14.1 Å². The summed E-state index contributed by atoms with van der Waals surface area (Å²) in [6.07, 6.45) is 4.26. The maximum atomic E-state index is 2.22. The molecule has 3 heteroatoms. The molecule has 0 atom stereocenters. The second kappa shape index (κ2) is 3.00. The Labute approximate surface area is 81.8 Å². The number of fused-ring (bicyclic) bond motifs is 1. The van der Waals surface area contributed by atoms with Gasteiger partial charge < -0.3 is 4.40 Å². The number of hydrogen-bond donors (Lipinski definition) is 0. The summed E-state index contributed by atoms with van der Waals surface area (Å²) >= 11 is 1.77. The molecule has 0 aliphatic heterocycles. The van der Waals surface area contributed by atoms with Gasteiger partial charge in [0.25, 0.3) is 0 Å². The van der Waals surface area contributed by atoms with E-state index in [-0.39, 0.29) is 0 Å². The fourth-order valence-corrected chi connectivity index (χ4v) is 2.29. The lowest BCUT2D eigenvalue weighted by atomic mass is 10.3. The zero-order chi connectivity index (χ0) is 9.42. The Morgan fingerprint density at radius 3 is 2.92 bits per heavy atom. The molecular formula is C10H13N2S+. The van der Waals surface area contributed by atoms with Crippen molar-refractivity contribution < 1.29 is 4.58 Å². The van der Waals surface area contributed by atoms with Crippen molar-refractivity contribution in [3.05, 3.63) is 28.9 Å². The third-order valence-electron chi connectivity index (χ3n) is 2.02. The Morgan fingerprint density at radius 2 is 2.23 bits per heavy atom. The van der Waals surface area contributed by atoms with Crippen molar-refractivity contribution in [1.82, 2.24) is 4.40 Å². The molecule has 0 saturated heterocycles. The molecule has 68 valence electrons. The van der Waals surface area contributed by atoms with Crippen LogP contribution in [0.25, 0.3) is 4.83 Å². The fraction of sp³-hybridized carbons (Fsp3) is 0.300. The second-order valence-electron chi connectivity index (χ2n) is 3.42. The van der Waals surface area contributed by atoms with Gasteiger partial charge in [-0.1, -0.05) is 0 Å². The molecule has 0 aliphatic rings. The molecule has 0 aliphatic carbocycles. The molecule has 0 fully saturated rings. The molecule has 0 saturated carbocycles. The maximum absolute atomic E-state index is 2.22. The van der Waals surface area contributed by atoms with E-state index in [0.717, 1.165) is 0 Å². The summed E-state index contributed by atoms with van der Waals surface area (Å²) in [5.41, 5.74) is 2.61. The van der Waals surface area contributed by atoms with Crippen LogP contribution >= 0.6 is 11.3 Å². The number of nitrogens with zero attached hydrogens (tertiary/aromatic N) is 2. The molecule has 2 nitrogen and oxygen atoms in total. The standard InChI is InChI=1S/C10H13N2S/c1-8-6-10-12(4-5-13-10)9(8)7-11(2)3/h4-7H,1-3H3/q+1. The lowest BCUT2D eigenvalue weighted by Gasteiger charge is -1.91. The summed E-state index contributed by atoms with van der Waals surface area (Å²) in [6, 6.07) is 2.22. The van der Waals surface area contributed by atoms with Gasteiger partial charge in [-0.2, -0.15) is 0 Å². The van der Waals surface area contributed by atoms with E-state index in [1.54, 1.807) is 11.3 Å². The van der Waals surface area contributed by atoms with Crippen LogP contribution in [-0.2, 0) is 0 Å². The minimum Gasteiger partial charge on any atom is -0.302 e. The third kappa shape index (κ3) is 1.40. The third-order valence-corrected chi connectivity index (χ3v) is 2.83. The molecule has 0 radical (unpaired) electrons. The van der Waals surface area contributed by atoms with Crippen molar-refractivity contribution in [2.24, 2.45) is 0 Å². The van der Waals surface area contributed by atoms with Gasteiger partial charge in [0, 0.05) is 11.6 Å². The van der Waals surface area contributed by atoms with Crippen molar-refractivity contribution in [3.63, 3.8) is 0 Å². The van der Waals surface area contributed by atoms with Gasteiger partial charge in [-0.3, -0.25) is 0 Å². The number of aryl methyl sites for hydroxylation is 1. The van der Waals surface area contributed by atoms with Gasteiger partial charge in [0.2, 0.25) is 0 Å². The molecule has 0 aromatic carbocycles.